The molecular formula is C35H41N7O4. The van der Waals surface area contributed by atoms with E-state index in [1.165, 1.54) is 0 Å². The molecule has 2 aliphatic heterocycles. The standard InChI is InChI=1S/C35H41N7O4/c1-22-26(6-3-8-28(22)38-34(45)31-12-11-24(19-37-31)20-41-16-13-25(44)21-41)27-7-4-9-29(23(27)2)39-35(46)32-18-33-30(36-14-17-43)10-5-15-42(33)40-32/h3-4,6-9,11-12,18-19,25,30,36,43-44H,5,10,13-17,20-21H2,1-2H3,(H,38,45)(H,39,46)/t25-,30?/m1/s1. The maximum atomic E-state index is 13.3. The molecular weight excluding hydrogens is 582 g/mol. The second kappa shape index (κ2) is 13.9. The van der Waals surface area contributed by atoms with E-state index >= 15 is 0 Å². The van der Waals surface area contributed by atoms with Gasteiger partial charge in [0.25, 0.3) is 11.8 Å². The zero-order valence-electron chi connectivity index (χ0n) is 26.3. The van der Waals surface area contributed by atoms with Crippen LogP contribution in [0.1, 0.15) is 68.7 Å². The van der Waals surface area contributed by atoms with E-state index in [0.29, 0.717) is 42.4 Å². The molecule has 2 aliphatic rings. The molecule has 0 aliphatic carbocycles. The van der Waals surface area contributed by atoms with Crippen LogP contribution in [-0.4, -0.2) is 74.0 Å². The van der Waals surface area contributed by atoms with Crippen molar-refractivity contribution in [2.45, 2.75) is 58.3 Å². The number of nitrogens with zero attached hydrogens (tertiary/aromatic N) is 4. The summed E-state index contributed by atoms with van der Waals surface area (Å²) in [5.41, 5.74) is 7.69. The first-order chi connectivity index (χ1) is 22.3. The van der Waals surface area contributed by atoms with Crippen LogP contribution in [0.2, 0.25) is 0 Å². The van der Waals surface area contributed by atoms with Gasteiger partial charge < -0.3 is 26.2 Å². The summed E-state index contributed by atoms with van der Waals surface area (Å²) in [6, 6.07) is 17.1. The number of pyridine rings is 1. The number of fused-ring (bicyclic) bond motifs is 1. The maximum absolute atomic E-state index is 13.3. The first kappa shape index (κ1) is 31.6. The summed E-state index contributed by atoms with van der Waals surface area (Å²) in [7, 11) is 0. The van der Waals surface area contributed by atoms with Gasteiger partial charge in [0.05, 0.1) is 18.4 Å². The number of carbonyl (C=O) groups excluding carboxylic acids is 2. The van der Waals surface area contributed by atoms with Crippen molar-refractivity contribution in [2.75, 3.05) is 36.9 Å². The fourth-order valence-electron chi connectivity index (χ4n) is 6.40. The van der Waals surface area contributed by atoms with Crippen LogP contribution in [0.5, 0.6) is 0 Å². The molecule has 1 fully saturated rings. The smallest absolute Gasteiger partial charge is 0.276 e. The van der Waals surface area contributed by atoms with Crippen molar-refractivity contribution in [3.63, 3.8) is 0 Å². The first-order valence-corrected chi connectivity index (χ1v) is 15.9. The molecule has 1 unspecified atom stereocenters. The number of benzene rings is 2. The molecule has 4 aromatic rings. The Labute approximate surface area is 268 Å². The number of hydrogen-bond donors (Lipinski definition) is 5. The van der Waals surface area contributed by atoms with Crippen LogP contribution in [0, 0.1) is 13.8 Å². The summed E-state index contributed by atoms with van der Waals surface area (Å²) in [6.45, 7) is 7.44. The third kappa shape index (κ3) is 6.87. The molecule has 2 amide bonds. The average Bonchev–Trinajstić information content (AvgIpc) is 3.69. The van der Waals surface area contributed by atoms with E-state index in [1.54, 1.807) is 12.3 Å². The molecule has 0 saturated carbocycles. The third-order valence-corrected chi connectivity index (χ3v) is 8.93. The quantitative estimate of drug-likeness (QED) is 0.178. The molecule has 2 atom stereocenters. The van der Waals surface area contributed by atoms with Gasteiger partial charge in [-0.15, -0.1) is 0 Å². The molecule has 11 heteroatoms. The van der Waals surface area contributed by atoms with Gasteiger partial charge in [-0.25, -0.2) is 0 Å². The number of aliphatic hydroxyl groups excluding tert-OH is 2. The summed E-state index contributed by atoms with van der Waals surface area (Å²) < 4.78 is 1.88. The van der Waals surface area contributed by atoms with Gasteiger partial charge in [0.2, 0.25) is 0 Å². The minimum atomic E-state index is -0.294. The summed E-state index contributed by atoms with van der Waals surface area (Å²) in [6.07, 6.45) is 4.11. The van der Waals surface area contributed by atoms with Gasteiger partial charge in [0.15, 0.2) is 5.69 Å². The summed E-state index contributed by atoms with van der Waals surface area (Å²) in [4.78, 5) is 33.1. The van der Waals surface area contributed by atoms with Gasteiger partial charge in [-0.05, 0) is 85.2 Å². The number of nitrogens with one attached hydrogen (secondary N) is 3. The van der Waals surface area contributed by atoms with Crippen LogP contribution >= 0.6 is 0 Å². The second-order valence-corrected chi connectivity index (χ2v) is 12.1. The fraction of sp³-hybridized carbons (Fsp3) is 0.371. The minimum absolute atomic E-state index is 0.0555. The van der Waals surface area contributed by atoms with Gasteiger partial charge >= 0.3 is 0 Å². The molecule has 1 saturated heterocycles. The van der Waals surface area contributed by atoms with Crippen LogP contribution in [0.3, 0.4) is 0 Å². The van der Waals surface area contributed by atoms with Crippen molar-refractivity contribution in [1.29, 1.82) is 0 Å². The van der Waals surface area contributed by atoms with E-state index in [1.807, 2.05) is 67.1 Å². The van der Waals surface area contributed by atoms with Gasteiger partial charge in [-0.3, -0.25) is 24.2 Å². The number of β-amino-alcohol motifs (C(OH)–C–C–N with tert-alkyl or cyclic N) is 1. The maximum Gasteiger partial charge on any atom is 0.276 e. The van der Waals surface area contributed by atoms with E-state index in [-0.39, 0.29) is 30.6 Å². The van der Waals surface area contributed by atoms with Crippen LogP contribution < -0.4 is 16.0 Å². The Morgan fingerprint density at radius 3 is 2.22 bits per heavy atom. The molecule has 5 N–H and O–H groups in total. The topological polar surface area (TPSA) is 145 Å². The van der Waals surface area contributed by atoms with E-state index in [4.69, 9.17) is 0 Å². The highest BCUT2D eigenvalue weighted by Crippen LogP contribution is 2.34. The van der Waals surface area contributed by atoms with E-state index in [0.717, 1.165) is 65.9 Å². The molecule has 4 heterocycles. The van der Waals surface area contributed by atoms with E-state index in [9.17, 15) is 19.8 Å². The molecule has 0 spiro atoms. The summed E-state index contributed by atoms with van der Waals surface area (Å²) in [5.74, 6) is -0.574. The number of carbonyl (C=O) groups is 2. The zero-order chi connectivity index (χ0) is 32.2. The van der Waals surface area contributed by atoms with Gasteiger partial charge in [0.1, 0.15) is 5.69 Å². The van der Waals surface area contributed by atoms with E-state index < -0.39 is 0 Å². The minimum Gasteiger partial charge on any atom is -0.395 e. The second-order valence-electron chi connectivity index (χ2n) is 12.1. The largest absolute Gasteiger partial charge is 0.395 e. The van der Waals surface area contributed by atoms with Gasteiger partial charge in [-0.2, -0.15) is 5.10 Å². The lowest BCUT2D eigenvalue weighted by molar-refractivity contribution is 0.101. The Hall–Kier alpha value is -4.42. The van der Waals surface area contributed by atoms with E-state index in [2.05, 4.69) is 30.9 Å². The number of hydrogen-bond acceptors (Lipinski definition) is 8. The van der Waals surface area contributed by atoms with Crippen molar-refractivity contribution in [1.82, 2.24) is 25.0 Å². The van der Waals surface area contributed by atoms with Crippen molar-refractivity contribution in [3.05, 3.63) is 94.6 Å². The molecule has 2 aromatic heterocycles. The highest BCUT2D eigenvalue weighted by atomic mass is 16.3. The summed E-state index contributed by atoms with van der Waals surface area (Å²) >= 11 is 0. The van der Waals surface area contributed by atoms with Crippen molar-refractivity contribution in [3.8, 4) is 11.1 Å². The number of rotatable bonds is 10. The Bertz CT molecular complexity index is 1720. The average molecular weight is 624 g/mol. The van der Waals surface area contributed by atoms with Crippen LogP contribution in [0.15, 0.2) is 60.8 Å². The highest BCUT2D eigenvalue weighted by molar-refractivity contribution is 6.05. The molecule has 6 rings (SSSR count). The molecule has 0 radical (unpaired) electrons. The molecule has 46 heavy (non-hydrogen) atoms. The Morgan fingerprint density at radius 2 is 1.61 bits per heavy atom. The Morgan fingerprint density at radius 1 is 0.913 bits per heavy atom. The summed E-state index contributed by atoms with van der Waals surface area (Å²) in [5, 5.41) is 33.0. The fourth-order valence-corrected chi connectivity index (χ4v) is 6.40. The van der Waals surface area contributed by atoms with Crippen LogP contribution in [0.25, 0.3) is 11.1 Å². The lowest BCUT2D eigenvalue weighted by Crippen LogP contribution is -2.29. The lowest BCUT2D eigenvalue weighted by Gasteiger charge is -2.24. The number of anilines is 2. The van der Waals surface area contributed by atoms with Crippen molar-refractivity contribution >= 4 is 23.2 Å². The number of aryl methyl sites for hydroxylation is 1. The first-order valence-electron chi connectivity index (χ1n) is 15.9. The molecule has 0 bridgehead atoms. The normalized spacial score (nSPS) is 17.9. The molecule has 2 aromatic carbocycles. The number of aromatic nitrogens is 3. The number of aliphatic hydroxyl groups is 2. The Balaban J connectivity index is 1.15. The predicted octanol–water partition coefficient (Wildman–Crippen LogP) is 4.05. The number of likely N-dealkylation sites (tertiary alicyclic amines) is 1. The predicted molar refractivity (Wildman–Crippen MR) is 177 cm³/mol. The highest BCUT2D eigenvalue weighted by Gasteiger charge is 2.25. The lowest BCUT2D eigenvalue weighted by atomic mass is 9.94. The van der Waals surface area contributed by atoms with Gasteiger partial charge in [0, 0.05) is 56.3 Å². The zero-order valence-corrected chi connectivity index (χ0v) is 26.3. The third-order valence-electron chi connectivity index (χ3n) is 8.93. The van der Waals surface area contributed by atoms with Crippen LogP contribution in [0.4, 0.5) is 11.4 Å². The van der Waals surface area contributed by atoms with Crippen LogP contribution in [-0.2, 0) is 13.1 Å². The monoisotopic (exact) mass is 623 g/mol. The van der Waals surface area contributed by atoms with Gasteiger partial charge in [-0.1, -0.05) is 30.3 Å². The SMILES string of the molecule is Cc1c(NC(=O)c2ccc(CN3CC[C@@H](O)C3)cn2)cccc1-c1cccc(NC(=O)c2cc3n(n2)CCCC3NCCO)c1C. The molecule has 11 nitrogen and oxygen atoms in total. The molecule has 240 valence electrons. The Kier molecular flexibility index (Phi) is 9.55. The van der Waals surface area contributed by atoms with Crippen molar-refractivity contribution in [2.24, 2.45) is 0 Å². The van der Waals surface area contributed by atoms with Crippen molar-refractivity contribution < 1.29 is 19.8 Å². The number of amides is 2.